The normalized spacial score (nSPS) is 11.4. The summed E-state index contributed by atoms with van der Waals surface area (Å²) in [6.07, 6.45) is 4.65. The van der Waals surface area contributed by atoms with E-state index in [1.807, 2.05) is 20.8 Å². The molecule has 1 aromatic heterocycles. The lowest BCUT2D eigenvalue weighted by atomic mass is 10.0. The SMILES string of the molecule is CCCc1sc(C(=O)NC(C)(C)C)c(C=O)c1CCC. The third-order valence-corrected chi connectivity index (χ3v) is 4.23. The Bertz CT molecular complexity index is 483. The number of aryl methyl sites for hydroxylation is 1. The molecule has 0 aromatic carbocycles. The molecule has 0 spiro atoms. The fraction of sp³-hybridized carbons (Fsp3) is 0.625. The smallest absolute Gasteiger partial charge is 0.262 e. The second kappa shape index (κ2) is 7.02. The molecule has 0 unspecified atom stereocenters. The van der Waals surface area contributed by atoms with Crippen LogP contribution in [-0.4, -0.2) is 17.7 Å². The van der Waals surface area contributed by atoms with Gasteiger partial charge in [-0.3, -0.25) is 9.59 Å². The average molecular weight is 295 g/mol. The van der Waals surface area contributed by atoms with Crippen molar-refractivity contribution in [2.45, 2.75) is 65.8 Å². The maximum atomic E-state index is 12.4. The Hall–Kier alpha value is -1.16. The molecule has 1 heterocycles. The molecule has 0 bridgehead atoms. The van der Waals surface area contributed by atoms with E-state index >= 15 is 0 Å². The van der Waals surface area contributed by atoms with Crippen molar-refractivity contribution in [2.75, 3.05) is 0 Å². The Morgan fingerprint density at radius 3 is 2.25 bits per heavy atom. The predicted octanol–water partition coefficient (Wildman–Crippen LogP) is 3.99. The Balaban J connectivity index is 3.21. The van der Waals surface area contributed by atoms with Gasteiger partial charge in [0.15, 0.2) is 6.29 Å². The molecule has 0 radical (unpaired) electrons. The van der Waals surface area contributed by atoms with Crippen LogP contribution in [0.5, 0.6) is 0 Å². The lowest BCUT2D eigenvalue weighted by molar-refractivity contribution is 0.0919. The quantitative estimate of drug-likeness (QED) is 0.806. The average Bonchev–Trinajstić information content (AvgIpc) is 2.67. The first-order chi connectivity index (χ1) is 9.34. The third kappa shape index (κ3) is 4.17. The van der Waals surface area contributed by atoms with E-state index in [1.165, 1.54) is 16.2 Å². The summed E-state index contributed by atoms with van der Waals surface area (Å²) in [6.45, 7) is 10.0. The Morgan fingerprint density at radius 2 is 1.80 bits per heavy atom. The van der Waals surface area contributed by atoms with Gasteiger partial charge in [-0.05, 0) is 39.2 Å². The van der Waals surface area contributed by atoms with Crippen LogP contribution >= 0.6 is 11.3 Å². The lowest BCUT2D eigenvalue weighted by Gasteiger charge is -2.20. The largest absolute Gasteiger partial charge is 0.347 e. The maximum absolute atomic E-state index is 12.4. The summed E-state index contributed by atoms with van der Waals surface area (Å²) < 4.78 is 0. The van der Waals surface area contributed by atoms with Gasteiger partial charge >= 0.3 is 0 Å². The number of carbonyl (C=O) groups excluding carboxylic acids is 2. The molecular weight excluding hydrogens is 270 g/mol. The Morgan fingerprint density at radius 1 is 1.20 bits per heavy atom. The summed E-state index contributed by atoms with van der Waals surface area (Å²) in [4.78, 5) is 25.6. The zero-order valence-corrected chi connectivity index (χ0v) is 13.9. The Labute approximate surface area is 125 Å². The summed E-state index contributed by atoms with van der Waals surface area (Å²) >= 11 is 1.48. The van der Waals surface area contributed by atoms with Crippen LogP contribution in [0.25, 0.3) is 0 Å². The van der Waals surface area contributed by atoms with Crippen LogP contribution in [0.4, 0.5) is 0 Å². The number of nitrogens with one attached hydrogen (secondary N) is 1. The minimum Gasteiger partial charge on any atom is -0.347 e. The van der Waals surface area contributed by atoms with Gasteiger partial charge in [0, 0.05) is 16.0 Å². The van der Waals surface area contributed by atoms with E-state index in [4.69, 9.17) is 0 Å². The molecule has 20 heavy (non-hydrogen) atoms. The zero-order chi connectivity index (χ0) is 15.3. The summed E-state index contributed by atoms with van der Waals surface area (Å²) in [5.74, 6) is -0.135. The molecule has 0 aliphatic rings. The van der Waals surface area contributed by atoms with E-state index in [0.717, 1.165) is 37.5 Å². The van der Waals surface area contributed by atoms with Gasteiger partial charge in [0.05, 0.1) is 0 Å². The predicted molar refractivity (Wildman–Crippen MR) is 84.9 cm³/mol. The molecule has 1 aromatic rings. The van der Waals surface area contributed by atoms with Gasteiger partial charge in [-0.15, -0.1) is 11.3 Å². The summed E-state index contributed by atoms with van der Waals surface area (Å²) in [5.41, 5.74) is 1.38. The molecule has 0 saturated carbocycles. The standard InChI is InChI=1S/C16H25NO2S/c1-6-8-11-12(10-18)14(20-13(11)9-7-2)15(19)17-16(3,4)5/h10H,6-9H2,1-5H3,(H,17,19). The molecule has 112 valence electrons. The summed E-state index contributed by atoms with van der Waals surface area (Å²) in [7, 11) is 0. The van der Waals surface area contributed by atoms with Crippen LogP contribution < -0.4 is 5.32 Å². The van der Waals surface area contributed by atoms with Gasteiger partial charge < -0.3 is 5.32 Å². The first kappa shape index (κ1) is 16.9. The number of amides is 1. The second-order valence-electron chi connectivity index (χ2n) is 6.07. The highest BCUT2D eigenvalue weighted by molar-refractivity contribution is 7.14. The van der Waals surface area contributed by atoms with Gasteiger partial charge in [0.25, 0.3) is 5.91 Å². The van der Waals surface area contributed by atoms with Crippen LogP contribution in [0.15, 0.2) is 0 Å². The monoisotopic (exact) mass is 295 g/mol. The van der Waals surface area contributed by atoms with Crippen molar-refractivity contribution in [3.05, 3.63) is 20.9 Å². The highest BCUT2D eigenvalue weighted by atomic mass is 32.1. The number of rotatable bonds is 6. The van der Waals surface area contributed by atoms with E-state index in [-0.39, 0.29) is 11.4 Å². The van der Waals surface area contributed by atoms with Crippen LogP contribution in [0.3, 0.4) is 0 Å². The lowest BCUT2D eigenvalue weighted by Crippen LogP contribution is -2.40. The van der Waals surface area contributed by atoms with Gasteiger partial charge in [0.1, 0.15) is 4.88 Å². The second-order valence-corrected chi connectivity index (χ2v) is 7.17. The highest BCUT2D eigenvalue weighted by Crippen LogP contribution is 2.30. The van der Waals surface area contributed by atoms with Crippen LogP contribution in [0, 0.1) is 0 Å². The molecule has 0 fully saturated rings. The molecule has 4 heteroatoms. The molecule has 0 aliphatic heterocycles. The maximum Gasteiger partial charge on any atom is 0.262 e. The van der Waals surface area contributed by atoms with Crippen LogP contribution in [-0.2, 0) is 12.8 Å². The van der Waals surface area contributed by atoms with Gasteiger partial charge in [-0.25, -0.2) is 0 Å². The number of hydrogen-bond donors (Lipinski definition) is 1. The van der Waals surface area contributed by atoms with Crippen molar-refractivity contribution >= 4 is 23.5 Å². The highest BCUT2D eigenvalue weighted by Gasteiger charge is 2.24. The van der Waals surface area contributed by atoms with Gasteiger partial charge in [-0.2, -0.15) is 0 Å². The molecular formula is C16H25NO2S. The number of carbonyl (C=O) groups is 2. The summed E-state index contributed by atoms with van der Waals surface area (Å²) in [6, 6.07) is 0. The van der Waals surface area contributed by atoms with Crippen molar-refractivity contribution in [3.63, 3.8) is 0 Å². The van der Waals surface area contributed by atoms with Gasteiger partial charge in [0.2, 0.25) is 0 Å². The van der Waals surface area contributed by atoms with Crippen LogP contribution in [0.2, 0.25) is 0 Å². The minimum atomic E-state index is -0.295. The van der Waals surface area contributed by atoms with Crippen molar-refractivity contribution < 1.29 is 9.59 Å². The molecule has 0 atom stereocenters. The van der Waals surface area contributed by atoms with Crippen molar-refractivity contribution in [1.82, 2.24) is 5.32 Å². The third-order valence-electron chi connectivity index (χ3n) is 2.92. The van der Waals surface area contributed by atoms with E-state index in [9.17, 15) is 9.59 Å². The number of hydrogen-bond acceptors (Lipinski definition) is 3. The molecule has 0 saturated heterocycles. The number of thiophene rings is 1. The van der Waals surface area contributed by atoms with E-state index in [1.54, 1.807) is 0 Å². The molecule has 1 N–H and O–H groups in total. The molecule has 0 aliphatic carbocycles. The van der Waals surface area contributed by atoms with Crippen molar-refractivity contribution in [3.8, 4) is 0 Å². The molecule has 1 amide bonds. The van der Waals surface area contributed by atoms with Gasteiger partial charge in [-0.1, -0.05) is 26.7 Å². The van der Waals surface area contributed by atoms with Crippen LogP contribution in [0.1, 0.15) is 77.9 Å². The fourth-order valence-corrected chi connectivity index (χ4v) is 3.48. The van der Waals surface area contributed by atoms with E-state index in [2.05, 4.69) is 19.2 Å². The zero-order valence-electron chi connectivity index (χ0n) is 13.1. The Kier molecular flexibility index (Phi) is 5.93. The van der Waals surface area contributed by atoms with E-state index < -0.39 is 0 Å². The summed E-state index contributed by atoms with van der Waals surface area (Å²) in [5, 5.41) is 2.95. The first-order valence-electron chi connectivity index (χ1n) is 7.26. The minimum absolute atomic E-state index is 0.135. The number of aldehydes is 1. The topological polar surface area (TPSA) is 46.2 Å². The van der Waals surface area contributed by atoms with Crippen molar-refractivity contribution in [2.24, 2.45) is 0 Å². The van der Waals surface area contributed by atoms with E-state index in [0.29, 0.717) is 10.4 Å². The first-order valence-corrected chi connectivity index (χ1v) is 8.07. The van der Waals surface area contributed by atoms with Crippen molar-refractivity contribution in [1.29, 1.82) is 0 Å². The molecule has 1 rings (SSSR count). The fourth-order valence-electron chi connectivity index (χ4n) is 2.17. The molecule has 3 nitrogen and oxygen atoms in total.